The van der Waals surface area contributed by atoms with Crippen molar-refractivity contribution in [2.45, 2.75) is 18.9 Å². The van der Waals surface area contributed by atoms with Crippen molar-refractivity contribution in [2.24, 2.45) is 5.92 Å². The van der Waals surface area contributed by atoms with Crippen LogP contribution in [0.15, 0.2) is 40.9 Å². The molecule has 26 heavy (non-hydrogen) atoms. The van der Waals surface area contributed by atoms with E-state index in [1.54, 1.807) is 0 Å². The summed E-state index contributed by atoms with van der Waals surface area (Å²) in [5.74, 6) is 1.68. The zero-order valence-corrected chi connectivity index (χ0v) is 16.7. The van der Waals surface area contributed by atoms with Crippen LogP contribution in [0.3, 0.4) is 0 Å². The lowest BCUT2D eigenvalue weighted by molar-refractivity contribution is -0.00775. The molecule has 2 bridgehead atoms. The highest BCUT2D eigenvalue weighted by molar-refractivity contribution is 9.10. The van der Waals surface area contributed by atoms with Gasteiger partial charge in [-0.05, 0) is 83.2 Å². The molecule has 3 aliphatic heterocycles. The molecule has 2 aromatic carbocycles. The number of thiazole rings is 1. The molecule has 134 valence electrons. The summed E-state index contributed by atoms with van der Waals surface area (Å²) in [6, 6.07) is 12.7. The van der Waals surface area contributed by atoms with Crippen LogP contribution in [0.25, 0.3) is 21.3 Å². The van der Waals surface area contributed by atoms with Crippen LogP contribution >= 0.6 is 27.3 Å². The fraction of sp³-hybridized carbons (Fsp3) is 0.350. The molecule has 3 fully saturated rings. The van der Waals surface area contributed by atoms with Crippen molar-refractivity contribution in [3.63, 3.8) is 0 Å². The first kappa shape index (κ1) is 16.5. The molecule has 3 aliphatic rings. The molecule has 0 amide bonds. The Bertz CT molecular complexity index is 948. The molecule has 6 rings (SSSR count). The van der Waals surface area contributed by atoms with Gasteiger partial charge in [-0.3, -0.25) is 4.90 Å². The Labute approximate surface area is 165 Å². The Kier molecular flexibility index (Phi) is 4.14. The summed E-state index contributed by atoms with van der Waals surface area (Å²) in [4.78, 5) is 6.89. The Balaban J connectivity index is 1.38. The van der Waals surface area contributed by atoms with Gasteiger partial charge in [-0.15, -0.1) is 0 Å². The molecule has 0 spiro atoms. The number of nitrogen functional groups attached to an aromatic ring is 1. The van der Waals surface area contributed by atoms with E-state index in [0.717, 1.165) is 38.5 Å². The van der Waals surface area contributed by atoms with E-state index in [4.69, 9.17) is 10.5 Å². The zero-order valence-electron chi connectivity index (χ0n) is 14.3. The second kappa shape index (κ2) is 6.51. The third-order valence-electron chi connectivity index (χ3n) is 5.54. The molecular weight excluding hydrogens is 410 g/mol. The number of anilines is 1. The number of nitrogens with zero attached hydrogens (tertiary/aromatic N) is 2. The van der Waals surface area contributed by atoms with Gasteiger partial charge >= 0.3 is 0 Å². The molecule has 4 heterocycles. The summed E-state index contributed by atoms with van der Waals surface area (Å²) in [5.41, 5.74) is 9.10. The minimum absolute atomic E-state index is 0.342. The molecule has 1 atom stereocenters. The van der Waals surface area contributed by atoms with Gasteiger partial charge in [-0.2, -0.15) is 0 Å². The highest BCUT2D eigenvalue weighted by Gasteiger charge is 2.35. The fourth-order valence-electron chi connectivity index (χ4n) is 4.12. The van der Waals surface area contributed by atoms with Gasteiger partial charge in [0.05, 0.1) is 10.2 Å². The number of piperidine rings is 3. The lowest BCUT2D eigenvalue weighted by atomic mass is 9.86. The van der Waals surface area contributed by atoms with Gasteiger partial charge in [0.2, 0.25) is 0 Å². The van der Waals surface area contributed by atoms with E-state index in [9.17, 15) is 0 Å². The Morgan fingerprint density at radius 3 is 2.58 bits per heavy atom. The summed E-state index contributed by atoms with van der Waals surface area (Å²) in [7, 11) is 0. The molecule has 4 nitrogen and oxygen atoms in total. The lowest BCUT2D eigenvalue weighted by Gasteiger charge is -2.44. The van der Waals surface area contributed by atoms with Crippen LogP contribution in [0.5, 0.6) is 5.75 Å². The van der Waals surface area contributed by atoms with Gasteiger partial charge in [0.1, 0.15) is 11.9 Å². The minimum atomic E-state index is 0.342. The van der Waals surface area contributed by atoms with Crippen LogP contribution in [0.4, 0.5) is 5.13 Å². The zero-order chi connectivity index (χ0) is 17.7. The van der Waals surface area contributed by atoms with E-state index in [2.05, 4.69) is 62.2 Å². The summed E-state index contributed by atoms with van der Waals surface area (Å²) in [5, 5.41) is 0.596. The Hall–Kier alpha value is -1.63. The van der Waals surface area contributed by atoms with Crippen molar-refractivity contribution < 1.29 is 4.74 Å². The quantitative estimate of drug-likeness (QED) is 0.650. The first-order valence-corrected chi connectivity index (χ1v) is 10.6. The van der Waals surface area contributed by atoms with E-state index in [1.807, 2.05) is 0 Å². The van der Waals surface area contributed by atoms with Gasteiger partial charge in [-0.25, -0.2) is 4.98 Å². The predicted octanol–water partition coefficient (Wildman–Crippen LogP) is 4.78. The molecule has 0 unspecified atom stereocenters. The van der Waals surface area contributed by atoms with Gasteiger partial charge < -0.3 is 10.5 Å². The number of ether oxygens (including phenoxy) is 1. The van der Waals surface area contributed by atoms with Gasteiger partial charge in [0.25, 0.3) is 0 Å². The van der Waals surface area contributed by atoms with E-state index in [1.165, 1.54) is 42.8 Å². The third-order valence-corrected chi connectivity index (χ3v) is 6.97. The molecule has 0 saturated carbocycles. The second-order valence-electron chi connectivity index (χ2n) is 7.18. The number of rotatable bonds is 3. The van der Waals surface area contributed by atoms with E-state index >= 15 is 0 Å². The molecule has 3 saturated heterocycles. The van der Waals surface area contributed by atoms with Crippen LogP contribution in [-0.4, -0.2) is 35.6 Å². The fourth-order valence-corrected chi connectivity index (χ4v) is 5.60. The smallest absolute Gasteiger partial charge is 0.181 e. The van der Waals surface area contributed by atoms with Crippen LogP contribution in [0, 0.1) is 5.92 Å². The lowest BCUT2D eigenvalue weighted by Crippen LogP contribution is -2.52. The number of fused-ring (bicyclic) bond motifs is 4. The predicted molar refractivity (Wildman–Crippen MR) is 111 cm³/mol. The van der Waals surface area contributed by atoms with E-state index < -0.39 is 0 Å². The largest absolute Gasteiger partial charge is 0.489 e. The maximum absolute atomic E-state index is 6.30. The number of hydrogen-bond donors (Lipinski definition) is 1. The van der Waals surface area contributed by atoms with Crippen molar-refractivity contribution in [1.82, 2.24) is 9.88 Å². The van der Waals surface area contributed by atoms with Crippen LogP contribution < -0.4 is 10.5 Å². The summed E-state index contributed by atoms with van der Waals surface area (Å²) in [6.07, 6.45) is 2.89. The van der Waals surface area contributed by atoms with Crippen molar-refractivity contribution >= 4 is 42.6 Å². The monoisotopic (exact) mass is 429 g/mol. The minimum Gasteiger partial charge on any atom is -0.489 e. The number of halogens is 1. The molecule has 0 radical (unpaired) electrons. The van der Waals surface area contributed by atoms with Gasteiger partial charge in [-0.1, -0.05) is 23.5 Å². The van der Waals surface area contributed by atoms with E-state index in [0.29, 0.717) is 11.2 Å². The molecule has 1 aromatic heterocycles. The van der Waals surface area contributed by atoms with Crippen molar-refractivity contribution in [3.05, 3.63) is 40.9 Å². The normalized spacial score (nSPS) is 24.9. The molecule has 0 aliphatic carbocycles. The Morgan fingerprint density at radius 1 is 1.12 bits per heavy atom. The summed E-state index contributed by atoms with van der Waals surface area (Å²) < 4.78 is 8.38. The topological polar surface area (TPSA) is 51.4 Å². The van der Waals surface area contributed by atoms with E-state index in [-0.39, 0.29) is 0 Å². The third kappa shape index (κ3) is 3.00. The van der Waals surface area contributed by atoms with Crippen LogP contribution in [0.2, 0.25) is 0 Å². The maximum Gasteiger partial charge on any atom is 0.181 e. The van der Waals surface area contributed by atoms with Crippen LogP contribution in [0.1, 0.15) is 12.8 Å². The number of benzene rings is 2. The average Bonchev–Trinajstić information content (AvgIpc) is 3.04. The molecule has 2 N–H and O–H groups in total. The maximum atomic E-state index is 6.30. The number of aromatic nitrogens is 1. The molecule has 6 heteroatoms. The van der Waals surface area contributed by atoms with Crippen molar-refractivity contribution in [1.29, 1.82) is 0 Å². The van der Waals surface area contributed by atoms with Crippen molar-refractivity contribution in [3.8, 4) is 16.9 Å². The summed E-state index contributed by atoms with van der Waals surface area (Å²) in [6.45, 7) is 3.55. The first-order chi connectivity index (χ1) is 12.7. The average molecular weight is 430 g/mol. The first-order valence-electron chi connectivity index (χ1n) is 9.01. The number of nitrogens with two attached hydrogens (primary N) is 1. The SMILES string of the molecule is Nc1nc2c(Br)cc(-c3ccc(O[C@H]4CN5CCC4CC5)cc3)cc2s1. The van der Waals surface area contributed by atoms with Crippen LogP contribution in [-0.2, 0) is 0 Å². The van der Waals surface area contributed by atoms with Crippen molar-refractivity contribution in [2.75, 3.05) is 25.4 Å². The van der Waals surface area contributed by atoms with Gasteiger partial charge in [0.15, 0.2) is 5.13 Å². The second-order valence-corrected chi connectivity index (χ2v) is 9.09. The van der Waals surface area contributed by atoms with Gasteiger partial charge in [0, 0.05) is 11.0 Å². The molecular formula is C20H20BrN3OS. The highest BCUT2D eigenvalue weighted by atomic mass is 79.9. The standard InChI is InChI=1S/C20H20BrN3OS/c21-16-9-14(10-18-19(16)23-20(22)26-18)12-1-3-15(4-2-12)25-17-11-24-7-5-13(17)6-8-24/h1-4,9-10,13,17H,5-8,11H2,(H2,22,23)/t17-/m0/s1. The Morgan fingerprint density at radius 2 is 1.88 bits per heavy atom. The summed E-state index contributed by atoms with van der Waals surface area (Å²) >= 11 is 5.13. The molecule has 3 aromatic rings. The highest BCUT2D eigenvalue weighted by Crippen LogP contribution is 2.36. The number of hydrogen-bond acceptors (Lipinski definition) is 5.